The second-order valence-electron chi connectivity index (χ2n) is 4.17. The van der Waals surface area contributed by atoms with Crippen LogP contribution in [0.15, 0.2) is 18.3 Å². The Morgan fingerprint density at radius 1 is 1.59 bits per heavy atom. The van der Waals surface area contributed by atoms with Crippen LogP contribution >= 0.6 is 11.6 Å². The third-order valence-electron chi connectivity index (χ3n) is 3.09. The number of carbonyl (C=O) groups is 1. The zero-order chi connectivity index (χ0) is 12.3. The molecule has 1 aliphatic rings. The average molecular weight is 255 g/mol. The highest BCUT2D eigenvalue weighted by Gasteiger charge is 2.28. The van der Waals surface area contributed by atoms with Crippen molar-refractivity contribution in [1.82, 2.24) is 9.88 Å². The van der Waals surface area contributed by atoms with Crippen molar-refractivity contribution in [3.05, 3.63) is 29.0 Å². The minimum Gasteiger partial charge on any atom is -0.394 e. The fourth-order valence-electron chi connectivity index (χ4n) is 2.16. The van der Waals surface area contributed by atoms with Crippen molar-refractivity contribution in [2.45, 2.75) is 25.3 Å². The van der Waals surface area contributed by atoms with Crippen molar-refractivity contribution in [2.75, 3.05) is 13.2 Å². The molecule has 0 radical (unpaired) electrons. The Bertz CT molecular complexity index is 411. The second-order valence-corrected chi connectivity index (χ2v) is 4.53. The van der Waals surface area contributed by atoms with Crippen LogP contribution in [0.2, 0.25) is 5.15 Å². The Hall–Kier alpha value is -1.13. The van der Waals surface area contributed by atoms with E-state index >= 15 is 0 Å². The molecular formula is C12H15ClN2O2. The molecule has 0 bridgehead atoms. The molecular weight excluding hydrogens is 240 g/mol. The predicted molar refractivity (Wildman–Crippen MR) is 65.0 cm³/mol. The van der Waals surface area contributed by atoms with Gasteiger partial charge >= 0.3 is 0 Å². The van der Waals surface area contributed by atoms with E-state index in [9.17, 15) is 9.90 Å². The summed E-state index contributed by atoms with van der Waals surface area (Å²) in [5.74, 6) is -0.137. The van der Waals surface area contributed by atoms with Gasteiger partial charge in [0.1, 0.15) is 5.15 Å². The van der Waals surface area contributed by atoms with Gasteiger partial charge in [-0.25, -0.2) is 4.98 Å². The van der Waals surface area contributed by atoms with Gasteiger partial charge in [-0.3, -0.25) is 4.79 Å². The van der Waals surface area contributed by atoms with Crippen molar-refractivity contribution in [2.24, 2.45) is 0 Å². The second kappa shape index (κ2) is 5.47. The molecule has 1 amide bonds. The molecule has 1 aromatic heterocycles. The highest BCUT2D eigenvalue weighted by atomic mass is 35.5. The minimum atomic E-state index is -0.137. The zero-order valence-electron chi connectivity index (χ0n) is 9.47. The number of hydrogen-bond acceptors (Lipinski definition) is 3. The summed E-state index contributed by atoms with van der Waals surface area (Å²) in [5.41, 5.74) is 0.412. The van der Waals surface area contributed by atoms with E-state index < -0.39 is 0 Å². The van der Waals surface area contributed by atoms with Crippen LogP contribution in [0.5, 0.6) is 0 Å². The molecule has 4 nitrogen and oxygen atoms in total. The number of rotatable bonds is 2. The number of likely N-dealkylation sites (tertiary alicyclic amines) is 1. The summed E-state index contributed by atoms with van der Waals surface area (Å²) in [6.45, 7) is 0.679. The quantitative estimate of drug-likeness (QED) is 0.818. The third-order valence-corrected chi connectivity index (χ3v) is 3.39. The van der Waals surface area contributed by atoms with Gasteiger partial charge in [-0.1, -0.05) is 11.6 Å². The number of halogens is 1. The van der Waals surface area contributed by atoms with Crippen LogP contribution in [0.1, 0.15) is 29.6 Å². The first-order valence-electron chi connectivity index (χ1n) is 5.76. The number of aromatic nitrogens is 1. The maximum absolute atomic E-state index is 12.3. The van der Waals surface area contributed by atoms with Crippen LogP contribution in [-0.2, 0) is 0 Å². The summed E-state index contributed by atoms with van der Waals surface area (Å²) in [6.07, 6.45) is 4.43. The number of nitrogens with zero attached hydrogens (tertiary/aromatic N) is 2. The van der Waals surface area contributed by atoms with Gasteiger partial charge in [0.15, 0.2) is 0 Å². The Balaban J connectivity index is 2.21. The lowest BCUT2D eigenvalue weighted by molar-refractivity contribution is 0.0503. The number of aliphatic hydroxyl groups excluding tert-OH is 1. The van der Waals surface area contributed by atoms with E-state index in [1.54, 1.807) is 23.2 Å². The Labute approximate surface area is 105 Å². The summed E-state index contributed by atoms with van der Waals surface area (Å²) in [6, 6.07) is 3.27. The van der Waals surface area contributed by atoms with Gasteiger partial charge in [-0.15, -0.1) is 0 Å². The Morgan fingerprint density at radius 3 is 3.12 bits per heavy atom. The van der Waals surface area contributed by atoms with Crippen LogP contribution in [0.4, 0.5) is 0 Å². The van der Waals surface area contributed by atoms with Gasteiger partial charge in [-0.05, 0) is 31.4 Å². The number of pyridine rings is 1. The van der Waals surface area contributed by atoms with Crippen molar-refractivity contribution in [1.29, 1.82) is 0 Å². The molecule has 0 spiro atoms. The van der Waals surface area contributed by atoms with Crippen molar-refractivity contribution in [3.63, 3.8) is 0 Å². The molecule has 17 heavy (non-hydrogen) atoms. The summed E-state index contributed by atoms with van der Waals surface area (Å²) >= 11 is 5.91. The van der Waals surface area contributed by atoms with Crippen molar-refractivity contribution < 1.29 is 9.90 Å². The largest absolute Gasteiger partial charge is 0.394 e. The van der Waals surface area contributed by atoms with Crippen LogP contribution in [-0.4, -0.2) is 40.1 Å². The molecule has 1 saturated heterocycles. The number of hydrogen-bond donors (Lipinski definition) is 1. The topological polar surface area (TPSA) is 53.4 Å². The van der Waals surface area contributed by atoms with Gasteiger partial charge in [-0.2, -0.15) is 0 Å². The number of aliphatic hydroxyl groups is 1. The maximum atomic E-state index is 12.3. The van der Waals surface area contributed by atoms with E-state index in [0.29, 0.717) is 12.1 Å². The smallest absolute Gasteiger partial charge is 0.257 e. The van der Waals surface area contributed by atoms with Crippen LogP contribution in [0.25, 0.3) is 0 Å². The molecule has 5 heteroatoms. The van der Waals surface area contributed by atoms with E-state index in [0.717, 1.165) is 19.3 Å². The highest BCUT2D eigenvalue weighted by Crippen LogP contribution is 2.21. The summed E-state index contributed by atoms with van der Waals surface area (Å²) in [4.78, 5) is 17.9. The summed E-state index contributed by atoms with van der Waals surface area (Å²) in [7, 11) is 0. The average Bonchev–Trinajstić information content (AvgIpc) is 2.38. The molecule has 0 aliphatic carbocycles. The van der Waals surface area contributed by atoms with Gasteiger partial charge < -0.3 is 10.0 Å². The van der Waals surface area contributed by atoms with Crippen LogP contribution in [0, 0.1) is 0 Å². The third kappa shape index (κ3) is 2.58. The maximum Gasteiger partial charge on any atom is 0.257 e. The molecule has 2 rings (SSSR count). The lowest BCUT2D eigenvalue weighted by Crippen LogP contribution is -2.45. The van der Waals surface area contributed by atoms with Crippen molar-refractivity contribution in [3.8, 4) is 0 Å². The Morgan fingerprint density at radius 2 is 2.41 bits per heavy atom. The van der Waals surface area contributed by atoms with Gasteiger partial charge in [0, 0.05) is 12.7 Å². The van der Waals surface area contributed by atoms with Crippen molar-refractivity contribution >= 4 is 17.5 Å². The molecule has 1 N–H and O–H groups in total. The molecule has 1 aliphatic heterocycles. The molecule has 0 saturated carbocycles. The van der Waals surface area contributed by atoms with Crippen LogP contribution < -0.4 is 0 Å². The predicted octanol–water partition coefficient (Wildman–Crippen LogP) is 1.72. The summed E-state index contributed by atoms with van der Waals surface area (Å²) < 4.78 is 0. The molecule has 0 aromatic carbocycles. The fourth-order valence-corrected chi connectivity index (χ4v) is 2.36. The Kier molecular flexibility index (Phi) is 3.97. The monoisotopic (exact) mass is 254 g/mol. The first-order chi connectivity index (χ1) is 8.24. The van der Waals surface area contributed by atoms with Gasteiger partial charge in [0.2, 0.25) is 0 Å². The van der Waals surface area contributed by atoms with Gasteiger partial charge in [0.25, 0.3) is 5.91 Å². The van der Waals surface area contributed by atoms with Crippen LogP contribution in [0.3, 0.4) is 0 Å². The molecule has 0 unspecified atom stereocenters. The molecule has 2 heterocycles. The standard InChI is InChI=1S/C12H15ClN2O2/c13-11-10(5-3-6-14-11)12(17)15-7-2-1-4-9(15)8-16/h3,5-6,9,16H,1-2,4,7-8H2/t9-/m1/s1. The fraction of sp³-hybridized carbons (Fsp3) is 0.500. The first kappa shape index (κ1) is 12.3. The molecule has 1 atom stereocenters. The number of amides is 1. The SMILES string of the molecule is O=C(c1cccnc1Cl)N1CCCC[C@@H]1CO. The summed E-state index contributed by atoms with van der Waals surface area (Å²) in [5, 5.41) is 9.51. The van der Waals surface area contributed by atoms with Gasteiger partial charge in [0.05, 0.1) is 18.2 Å². The normalized spacial score (nSPS) is 20.4. The number of piperidine rings is 1. The minimum absolute atomic E-state index is 0.00359. The first-order valence-corrected chi connectivity index (χ1v) is 6.14. The van der Waals surface area contributed by atoms with E-state index in [1.165, 1.54) is 0 Å². The van der Waals surface area contributed by atoms with E-state index in [-0.39, 0.29) is 23.7 Å². The molecule has 92 valence electrons. The molecule has 1 fully saturated rings. The lowest BCUT2D eigenvalue weighted by atomic mass is 10.0. The van der Waals surface area contributed by atoms with E-state index in [1.807, 2.05) is 0 Å². The number of carbonyl (C=O) groups excluding carboxylic acids is 1. The lowest BCUT2D eigenvalue weighted by Gasteiger charge is -2.34. The molecule has 1 aromatic rings. The van der Waals surface area contributed by atoms with E-state index in [4.69, 9.17) is 11.6 Å². The zero-order valence-corrected chi connectivity index (χ0v) is 10.2. The van der Waals surface area contributed by atoms with E-state index in [2.05, 4.69) is 4.98 Å². The highest BCUT2D eigenvalue weighted by molar-refractivity contribution is 6.32.